The van der Waals surface area contributed by atoms with Crippen LogP contribution in [0, 0.1) is 28.1 Å². The predicted octanol–water partition coefficient (Wildman–Crippen LogP) is 2.57. The van der Waals surface area contributed by atoms with E-state index in [0.717, 1.165) is 0 Å². The minimum absolute atomic E-state index is 0.113. The van der Waals surface area contributed by atoms with Crippen LogP contribution in [0.25, 0.3) is 0 Å². The zero-order valence-electron chi connectivity index (χ0n) is 11.4. The molecule has 102 valence electrons. The van der Waals surface area contributed by atoms with Crippen LogP contribution in [0.1, 0.15) is 42.3 Å². The molecule has 1 rings (SSSR count). The van der Waals surface area contributed by atoms with Gasteiger partial charge in [-0.1, -0.05) is 20.8 Å². The van der Waals surface area contributed by atoms with Crippen LogP contribution in [0.3, 0.4) is 0 Å². The molecule has 0 radical (unpaired) electrons. The number of rotatable bonds is 3. The van der Waals surface area contributed by atoms with Gasteiger partial charge in [-0.2, -0.15) is 10.5 Å². The van der Waals surface area contributed by atoms with E-state index >= 15 is 0 Å². The summed E-state index contributed by atoms with van der Waals surface area (Å²) in [6.07, 6.45) is -2.31. The van der Waals surface area contributed by atoms with Crippen molar-refractivity contribution in [3.8, 4) is 12.1 Å². The largest absolute Gasteiger partial charge is 0.295 e. The summed E-state index contributed by atoms with van der Waals surface area (Å²) in [5.41, 5.74) is -1.10. The van der Waals surface area contributed by atoms with Crippen LogP contribution >= 0.6 is 0 Å². The molecule has 0 spiro atoms. The van der Waals surface area contributed by atoms with Crippen LogP contribution in [0.15, 0.2) is 18.2 Å². The van der Waals surface area contributed by atoms with Crippen molar-refractivity contribution in [1.29, 1.82) is 10.5 Å². The molecule has 0 bridgehead atoms. The quantitative estimate of drug-likeness (QED) is 0.625. The second kappa shape index (κ2) is 5.63. The lowest BCUT2D eigenvalue weighted by molar-refractivity contribution is -0.129. The van der Waals surface area contributed by atoms with Gasteiger partial charge in [0.25, 0.3) is 0 Å². The normalized spacial score (nSPS) is 12.1. The lowest BCUT2D eigenvalue weighted by Crippen LogP contribution is -2.35. The van der Waals surface area contributed by atoms with Crippen molar-refractivity contribution < 1.29 is 14.0 Å². The van der Waals surface area contributed by atoms with Crippen LogP contribution in [-0.4, -0.2) is 17.7 Å². The van der Waals surface area contributed by atoms with Crippen LogP contribution in [0.4, 0.5) is 4.39 Å². The minimum Gasteiger partial charge on any atom is -0.295 e. The molecule has 0 amide bonds. The highest BCUT2D eigenvalue weighted by Crippen LogP contribution is 2.22. The molecule has 0 fully saturated rings. The molecule has 1 aromatic rings. The maximum Gasteiger partial charge on any atom is 0.221 e. The van der Waals surface area contributed by atoms with E-state index in [0.29, 0.717) is 0 Å². The van der Waals surface area contributed by atoms with Crippen molar-refractivity contribution in [1.82, 2.24) is 0 Å². The van der Waals surface area contributed by atoms with Gasteiger partial charge in [0.1, 0.15) is 0 Å². The summed E-state index contributed by atoms with van der Waals surface area (Å²) in [6.45, 7) is 4.54. The highest BCUT2D eigenvalue weighted by Gasteiger charge is 2.35. The fraction of sp³-hybridized carbons (Fsp3) is 0.333. The first-order chi connectivity index (χ1) is 9.22. The first-order valence-corrected chi connectivity index (χ1v) is 5.89. The van der Waals surface area contributed by atoms with Gasteiger partial charge in [-0.3, -0.25) is 9.59 Å². The van der Waals surface area contributed by atoms with Crippen molar-refractivity contribution in [3.05, 3.63) is 34.9 Å². The minimum atomic E-state index is -2.31. The Balaban J connectivity index is 3.20. The van der Waals surface area contributed by atoms with Gasteiger partial charge in [-0.15, -0.1) is 0 Å². The summed E-state index contributed by atoms with van der Waals surface area (Å²) < 4.78 is 14.0. The molecular formula is C15H13FN2O2. The molecular weight excluding hydrogens is 259 g/mol. The zero-order chi connectivity index (χ0) is 15.5. The Hall–Kier alpha value is -2.53. The van der Waals surface area contributed by atoms with E-state index in [1.807, 2.05) is 6.07 Å². The molecule has 0 aliphatic carbocycles. The van der Waals surface area contributed by atoms with Crippen molar-refractivity contribution in [2.75, 3.05) is 0 Å². The first-order valence-electron chi connectivity index (χ1n) is 5.89. The van der Waals surface area contributed by atoms with Gasteiger partial charge >= 0.3 is 0 Å². The highest BCUT2D eigenvalue weighted by molar-refractivity contribution is 6.15. The Morgan fingerprint density at radius 2 is 1.80 bits per heavy atom. The van der Waals surface area contributed by atoms with Crippen LogP contribution in [-0.2, 0) is 4.79 Å². The number of nitrogens with zero attached hydrogens (tertiary/aromatic N) is 2. The number of hydrogen-bond donors (Lipinski definition) is 0. The lowest BCUT2D eigenvalue weighted by Gasteiger charge is -2.19. The highest BCUT2D eigenvalue weighted by atomic mass is 19.1. The van der Waals surface area contributed by atoms with Gasteiger partial charge in [0.2, 0.25) is 12.0 Å². The Bertz CT molecular complexity index is 645. The monoisotopic (exact) mass is 272 g/mol. The van der Waals surface area contributed by atoms with E-state index in [1.54, 1.807) is 6.07 Å². The molecule has 1 unspecified atom stereocenters. The molecule has 0 aliphatic rings. The van der Waals surface area contributed by atoms with Crippen LogP contribution in [0.2, 0.25) is 0 Å². The number of carbonyl (C=O) groups is 2. The average molecular weight is 272 g/mol. The second-order valence-corrected chi connectivity index (χ2v) is 5.33. The van der Waals surface area contributed by atoms with Crippen molar-refractivity contribution >= 4 is 11.6 Å². The van der Waals surface area contributed by atoms with Gasteiger partial charge in [0.15, 0.2) is 5.78 Å². The number of benzene rings is 1. The van der Waals surface area contributed by atoms with Gasteiger partial charge in [0.05, 0.1) is 23.3 Å². The van der Waals surface area contributed by atoms with E-state index in [4.69, 9.17) is 10.5 Å². The molecule has 20 heavy (non-hydrogen) atoms. The topological polar surface area (TPSA) is 81.7 Å². The summed E-state index contributed by atoms with van der Waals surface area (Å²) in [4.78, 5) is 23.8. The van der Waals surface area contributed by atoms with Crippen molar-refractivity contribution in [3.63, 3.8) is 0 Å². The fourth-order valence-electron chi connectivity index (χ4n) is 1.56. The smallest absolute Gasteiger partial charge is 0.221 e. The fourth-order valence-corrected chi connectivity index (χ4v) is 1.56. The van der Waals surface area contributed by atoms with Gasteiger partial charge in [0, 0.05) is 11.0 Å². The molecule has 5 heteroatoms. The molecule has 0 heterocycles. The zero-order valence-corrected chi connectivity index (χ0v) is 11.4. The molecule has 0 N–H and O–H groups in total. The molecule has 0 saturated carbocycles. The first kappa shape index (κ1) is 15.5. The third kappa shape index (κ3) is 3.07. The SMILES string of the molecule is CC(C)(C)C(=O)C(F)C(=O)c1ccc(C#N)cc1C#N. The van der Waals surface area contributed by atoms with E-state index in [-0.39, 0.29) is 16.7 Å². The van der Waals surface area contributed by atoms with E-state index in [2.05, 4.69) is 0 Å². The van der Waals surface area contributed by atoms with Crippen molar-refractivity contribution in [2.45, 2.75) is 26.9 Å². The number of Topliss-reactive ketones (excluding diaryl/α,β-unsaturated/α-hetero) is 2. The number of ketones is 2. The summed E-state index contributed by atoms with van der Waals surface area (Å²) in [5, 5.41) is 17.7. The summed E-state index contributed by atoms with van der Waals surface area (Å²) in [7, 11) is 0. The number of hydrogen-bond acceptors (Lipinski definition) is 4. The average Bonchev–Trinajstić information content (AvgIpc) is 2.43. The maximum atomic E-state index is 14.0. The van der Waals surface area contributed by atoms with Gasteiger partial charge in [-0.25, -0.2) is 4.39 Å². The number of carbonyl (C=O) groups excluding carboxylic acids is 2. The standard InChI is InChI=1S/C15H13FN2O2/c1-15(2,3)14(20)12(16)13(19)11-5-4-9(7-17)6-10(11)8-18/h4-6,12H,1-3H3. The molecule has 4 nitrogen and oxygen atoms in total. The van der Waals surface area contributed by atoms with Crippen molar-refractivity contribution in [2.24, 2.45) is 5.41 Å². The van der Waals surface area contributed by atoms with Gasteiger partial charge in [-0.05, 0) is 18.2 Å². The lowest BCUT2D eigenvalue weighted by atomic mass is 9.85. The number of nitriles is 2. The van der Waals surface area contributed by atoms with Crippen LogP contribution in [0.5, 0.6) is 0 Å². The summed E-state index contributed by atoms with van der Waals surface area (Å²) in [6, 6.07) is 7.26. The third-order valence-corrected chi connectivity index (χ3v) is 2.73. The Morgan fingerprint density at radius 3 is 2.25 bits per heavy atom. The van der Waals surface area contributed by atoms with E-state index < -0.39 is 23.2 Å². The molecule has 0 aliphatic heterocycles. The number of alkyl halides is 1. The second-order valence-electron chi connectivity index (χ2n) is 5.33. The Morgan fingerprint density at radius 1 is 1.20 bits per heavy atom. The Labute approximate surface area is 116 Å². The molecule has 0 aromatic heterocycles. The summed E-state index contributed by atoms with van der Waals surface area (Å²) in [5.74, 6) is -1.89. The Kier molecular flexibility index (Phi) is 4.37. The van der Waals surface area contributed by atoms with E-state index in [9.17, 15) is 14.0 Å². The number of halogens is 1. The van der Waals surface area contributed by atoms with Crippen LogP contribution < -0.4 is 0 Å². The molecule has 1 aromatic carbocycles. The third-order valence-electron chi connectivity index (χ3n) is 2.73. The maximum absolute atomic E-state index is 14.0. The molecule has 0 saturated heterocycles. The predicted molar refractivity (Wildman–Crippen MR) is 69.6 cm³/mol. The van der Waals surface area contributed by atoms with Gasteiger partial charge < -0.3 is 0 Å². The summed E-state index contributed by atoms with van der Waals surface area (Å²) >= 11 is 0. The molecule has 1 atom stereocenters. The van der Waals surface area contributed by atoms with E-state index in [1.165, 1.54) is 39.0 Å².